The van der Waals surface area contributed by atoms with Crippen LogP contribution in [0.15, 0.2) is 18.2 Å². The molecule has 42 heavy (non-hydrogen) atoms. The molecule has 1 aromatic rings. The molecule has 0 saturated carbocycles. The summed E-state index contributed by atoms with van der Waals surface area (Å²) in [7, 11) is 0. The van der Waals surface area contributed by atoms with E-state index in [4.69, 9.17) is 38.9 Å². The number of carbonyl (C=O) groups is 4. The molecule has 0 bridgehead atoms. The molecule has 0 aliphatic carbocycles. The van der Waals surface area contributed by atoms with Crippen molar-refractivity contribution < 1.29 is 52.3 Å². The predicted octanol–water partition coefficient (Wildman–Crippen LogP) is 6.24. The Balaban J connectivity index is 2.88. The van der Waals surface area contributed by atoms with Crippen LogP contribution in [-0.2, 0) is 34.9 Å². The summed E-state index contributed by atoms with van der Waals surface area (Å²) in [6, 6.07) is 3.28. The quantitative estimate of drug-likeness (QED) is 0.123. The zero-order chi connectivity index (χ0) is 31.7. The summed E-state index contributed by atoms with van der Waals surface area (Å²) in [5, 5.41) is 0. The van der Waals surface area contributed by atoms with Crippen LogP contribution in [0, 0.1) is 0 Å². The number of hydrogen-bond acceptors (Lipinski definition) is 12. The maximum Gasteiger partial charge on any atom is 0.514 e. The van der Waals surface area contributed by atoms with Gasteiger partial charge in [-0.25, -0.2) is 14.4 Å². The Morgan fingerprint density at radius 3 is 1.64 bits per heavy atom. The van der Waals surface area contributed by atoms with Crippen molar-refractivity contribution in [2.75, 3.05) is 6.61 Å². The van der Waals surface area contributed by atoms with Gasteiger partial charge >= 0.3 is 24.4 Å². The lowest BCUT2D eigenvalue weighted by Crippen LogP contribution is -2.37. The van der Waals surface area contributed by atoms with Crippen LogP contribution >= 0.6 is 0 Å². The highest BCUT2D eigenvalue weighted by atomic mass is 16.8. The Morgan fingerprint density at radius 2 is 1.14 bits per heavy atom. The highest BCUT2D eigenvalue weighted by Crippen LogP contribution is 2.30. The van der Waals surface area contributed by atoms with Gasteiger partial charge < -0.3 is 38.9 Å². The van der Waals surface area contributed by atoms with Crippen molar-refractivity contribution in [2.45, 2.75) is 124 Å². The van der Waals surface area contributed by atoms with Crippen molar-refractivity contribution in [1.29, 1.82) is 0 Å². The minimum atomic E-state index is -1.10. The van der Waals surface area contributed by atoms with Gasteiger partial charge in [0.1, 0.15) is 37.1 Å². The van der Waals surface area contributed by atoms with Crippen LogP contribution in [0.4, 0.5) is 14.4 Å². The van der Waals surface area contributed by atoms with E-state index in [-0.39, 0.29) is 42.8 Å². The van der Waals surface area contributed by atoms with E-state index in [1.54, 1.807) is 33.8 Å². The Hall–Kier alpha value is -3.54. The summed E-state index contributed by atoms with van der Waals surface area (Å²) in [5.74, 6) is -0.919. The first-order chi connectivity index (χ1) is 19.9. The van der Waals surface area contributed by atoms with Crippen molar-refractivity contribution in [1.82, 2.24) is 0 Å². The van der Waals surface area contributed by atoms with Crippen LogP contribution in [0.1, 0.15) is 92.6 Å². The zero-order valence-electron chi connectivity index (χ0n) is 25.8. The molecule has 5 atom stereocenters. The van der Waals surface area contributed by atoms with Crippen molar-refractivity contribution in [2.24, 2.45) is 5.73 Å². The third-order valence-corrected chi connectivity index (χ3v) is 5.88. The zero-order valence-corrected chi connectivity index (χ0v) is 25.8. The molecule has 0 aromatic heterocycles. The first-order valence-electron chi connectivity index (χ1n) is 14.6. The molecule has 238 valence electrons. The highest BCUT2D eigenvalue weighted by Gasteiger charge is 2.23. The summed E-state index contributed by atoms with van der Waals surface area (Å²) >= 11 is 0. The molecule has 0 aliphatic heterocycles. The Labute approximate surface area is 248 Å². The molecule has 0 fully saturated rings. The van der Waals surface area contributed by atoms with Gasteiger partial charge in [-0.05, 0) is 71.1 Å². The summed E-state index contributed by atoms with van der Waals surface area (Å²) in [6.45, 7) is 12.5. The average molecular weight is 598 g/mol. The molecule has 0 amide bonds. The number of benzene rings is 1. The fourth-order valence-electron chi connectivity index (χ4n) is 3.84. The van der Waals surface area contributed by atoms with Gasteiger partial charge in [-0.2, -0.15) is 0 Å². The second-order valence-electron chi connectivity index (χ2n) is 10.3. The summed E-state index contributed by atoms with van der Waals surface area (Å²) < 4.78 is 36.5. The van der Waals surface area contributed by atoms with E-state index >= 15 is 0 Å². The molecule has 0 aliphatic rings. The van der Waals surface area contributed by atoms with E-state index in [1.165, 1.54) is 12.1 Å². The molecular formula is C30H47NO11. The van der Waals surface area contributed by atoms with Gasteiger partial charge in [-0.15, -0.1) is 0 Å². The topological polar surface area (TPSA) is 159 Å². The Kier molecular flexibility index (Phi) is 17.0. The molecule has 1 rings (SSSR count). The standard InChI is InChI=1S/C30H47NO11/c1-8-11-19(4)38-28(33)36-18-22(7)37-27(32)24(31)16-23-14-15-25(41-29(34)39-20(5)12-9-2)26(17-23)42-30(35)40-21(6)13-10-3/h14-15,17,19-22,24H,8-13,16,18,31H2,1-7H3/t19?,20?,21?,22-,24-/m0/s1. The van der Waals surface area contributed by atoms with Crippen LogP contribution in [0.5, 0.6) is 11.5 Å². The molecule has 0 spiro atoms. The van der Waals surface area contributed by atoms with E-state index in [9.17, 15) is 19.2 Å². The average Bonchev–Trinajstić information content (AvgIpc) is 2.89. The molecule has 1 aromatic carbocycles. The van der Waals surface area contributed by atoms with E-state index in [2.05, 4.69) is 0 Å². The maximum absolute atomic E-state index is 12.6. The second kappa shape index (κ2) is 19.6. The van der Waals surface area contributed by atoms with E-state index in [0.29, 0.717) is 24.8 Å². The number of carbonyl (C=O) groups excluding carboxylic acids is 4. The minimum Gasteiger partial charge on any atom is -0.458 e. The maximum atomic E-state index is 12.6. The lowest BCUT2D eigenvalue weighted by atomic mass is 10.1. The fourth-order valence-corrected chi connectivity index (χ4v) is 3.84. The van der Waals surface area contributed by atoms with Crippen molar-refractivity contribution in [3.05, 3.63) is 23.8 Å². The van der Waals surface area contributed by atoms with Gasteiger partial charge in [-0.3, -0.25) is 4.79 Å². The summed E-state index contributed by atoms with van der Waals surface area (Å²) in [5.41, 5.74) is 6.55. The van der Waals surface area contributed by atoms with Crippen LogP contribution in [0.3, 0.4) is 0 Å². The summed E-state index contributed by atoms with van der Waals surface area (Å²) in [6.07, 6.45) is -0.102. The minimum absolute atomic E-state index is 0.00110. The smallest absolute Gasteiger partial charge is 0.458 e. The van der Waals surface area contributed by atoms with Crippen LogP contribution in [0.25, 0.3) is 0 Å². The molecule has 12 nitrogen and oxygen atoms in total. The van der Waals surface area contributed by atoms with Gasteiger partial charge in [0.15, 0.2) is 11.5 Å². The Bertz CT molecular complexity index is 999. The number of hydrogen-bond donors (Lipinski definition) is 1. The van der Waals surface area contributed by atoms with Crippen LogP contribution in [0.2, 0.25) is 0 Å². The highest BCUT2D eigenvalue weighted by molar-refractivity contribution is 5.76. The Morgan fingerprint density at radius 1 is 0.667 bits per heavy atom. The molecule has 12 heteroatoms. The number of nitrogens with two attached hydrogens (primary N) is 1. The lowest BCUT2D eigenvalue weighted by Gasteiger charge is -2.18. The second-order valence-corrected chi connectivity index (χ2v) is 10.3. The van der Waals surface area contributed by atoms with Crippen molar-refractivity contribution >= 4 is 24.4 Å². The normalized spacial score (nSPS) is 14.4. The predicted molar refractivity (Wildman–Crippen MR) is 153 cm³/mol. The van der Waals surface area contributed by atoms with Crippen molar-refractivity contribution in [3.8, 4) is 11.5 Å². The van der Waals surface area contributed by atoms with Gasteiger partial charge in [-0.1, -0.05) is 46.1 Å². The first kappa shape index (κ1) is 36.5. The van der Waals surface area contributed by atoms with Gasteiger partial charge in [0.2, 0.25) is 0 Å². The largest absolute Gasteiger partial charge is 0.514 e. The molecular weight excluding hydrogens is 550 g/mol. The van der Waals surface area contributed by atoms with E-state index in [1.807, 2.05) is 20.8 Å². The van der Waals surface area contributed by atoms with Crippen LogP contribution in [-0.4, -0.2) is 61.5 Å². The van der Waals surface area contributed by atoms with Gasteiger partial charge in [0.05, 0.1) is 0 Å². The molecule has 2 N–H and O–H groups in total. The number of esters is 1. The SMILES string of the molecule is CCCC(C)OC(=O)OC[C@H](C)OC(=O)[C@@H](N)Cc1ccc(OC(=O)OC(C)CCC)c(OC(=O)OC(C)CCC)c1. The lowest BCUT2D eigenvalue weighted by molar-refractivity contribution is -0.152. The van der Waals surface area contributed by atoms with E-state index < -0.39 is 36.6 Å². The number of rotatable bonds is 17. The molecule has 0 saturated heterocycles. The molecule has 0 radical (unpaired) electrons. The summed E-state index contributed by atoms with van der Waals surface area (Å²) in [4.78, 5) is 49.0. The molecule has 3 unspecified atom stereocenters. The first-order valence-corrected chi connectivity index (χ1v) is 14.6. The number of ether oxygens (including phenoxy) is 7. The van der Waals surface area contributed by atoms with Crippen LogP contribution < -0.4 is 15.2 Å². The van der Waals surface area contributed by atoms with Crippen molar-refractivity contribution in [3.63, 3.8) is 0 Å². The van der Waals surface area contributed by atoms with Gasteiger partial charge in [0, 0.05) is 0 Å². The van der Waals surface area contributed by atoms with Gasteiger partial charge in [0.25, 0.3) is 0 Å². The molecule has 0 heterocycles. The third kappa shape index (κ3) is 14.9. The fraction of sp³-hybridized carbons (Fsp3) is 0.667. The monoisotopic (exact) mass is 597 g/mol. The van der Waals surface area contributed by atoms with E-state index in [0.717, 1.165) is 19.3 Å². The third-order valence-electron chi connectivity index (χ3n) is 5.88.